The maximum atomic E-state index is 12.2. The number of pyridine rings is 1. The lowest BCUT2D eigenvalue weighted by Crippen LogP contribution is -2.21. The molecule has 0 aliphatic rings. The average Bonchev–Trinajstić information content (AvgIpc) is 2.63. The first kappa shape index (κ1) is 18.7. The zero-order chi connectivity index (χ0) is 19.6. The van der Waals surface area contributed by atoms with Crippen molar-refractivity contribution in [3.8, 4) is 11.5 Å². The van der Waals surface area contributed by atoms with Crippen LogP contribution in [0.1, 0.15) is 5.56 Å². The van der Waals surface area contributed by atoms with Crippen molar-refractivity contribution in [2.75, 3.05) is 18.9 Å². The number of hydrogen-bond donors (Lipinski definition) is 2. The molecule has 9 heteroatoms. The second kappa shape index (κ2) is 7.29. The molecule has 0 fully saturated rings. The molecule has 0 saturated carbocycles. The van der Waals surface area contributed by atoms with Crippen molar-refractivity contribution in [1.29, 1.82) is 0 Å². The second-order valence-electron chi connectivity index (χ2n) is 5.88. The minimum absolute atomic E-state index is 0.116. The summed E-state index contributed by atoms with van der Waals surface area (Å²) in [6.45, 7) is 0.474. The van der Waals surface area contributed by atoms with E-state index in [-0.39, 0.29) is 5.43 Å². The lowest BCUT2D eigenvalue weighted by Gasteiger charge is -2.14. The summed E-state index contributed by atoms with van der Waals surface area (Å²) < 4.78 is 36.9. The Hall–Kier alpha value is -3.04. The molecule has 1 heterocycles. The van der Waals surface area contributed by atoms with Gasteiger partial charge in [-0.3, -0.25) is 9.52 Å². The van der Waals surface area contributed by atoms with E-state index in [1.165, 1.54) is 20.3 Å². The molecule has 3 rings (SSSR count). The quantitative estimate of drug-likeness (QED) is 0.666. The number of aromatic nitrogens is 1. The molecule has 0 aliphatic heterocycles. The monoisotopic (exact) mass is 389 g/mol. The molecular formula is C18H19N3O5S. The van der Waals surface area contributed by atoms with Crippen LogP contribution in [0.2, 0.25) is 0 Å². The fourth-order valence-corrected chi connectivity index (χ4v) is 3.27. The van der Waals surface area contributed by atoms with Gasteiger partial charge in [-0.05, 0) is 23.8 Å². The van der Waals surface area contributed by atoms with Crippen LogP contribution in [0.4, 0.5) is 5.69 Å². The van der Waals surface area contributed by atoms with Crippen molar-refractivity contribution in [1.82, 2.24) is 4.57 Å². The van der Waals surface area contributed by atoms with E-state index in [1.807, 2.05) is 4.57 Å². The third-order valence-corrected chi connectivity index (χ3v) is 4.57. The Morgan fingerprint density at radius 3 is 2.26 bits per heavy atom. The Morgan fingerprint density at radius 2 is 1.67 bits per heavy atom. The van der Waals surface area contributed by atoms with Crippen molar-refractivity contribution < 1.29 is 17.9 Å². The fourth-order valence-electron chi connectivity index (χ4n) is 2.81. The van der Waals surface area contributed by atoms with Crippen molar-refractivity contribution in [2.24, 2.45) is 5.14 Å². The van der Waals surface area contributed by atoms with E-state index < -0.39 is 10.2 Å². The van der Waals surface area contributed by atoms with Gasteiger partial charge in [-0.2, -0.15) is 8.42 Å². The van der Waals surface area contributed by atoms with Crippen LogP contribution in [-0.4, -0.2) is 27.2 Å². The van der Waals surface area contributed by atoms with E-state index in [2.05, 4.69) is 4.72 Å². The molecule has 0 saturated heterocycles. The van der Waals surface area contributed by atoms with Gasteiger partial charge in [0.15, 0.2) is 16.9 Å². The van der Waals surface area contributed by atoms with E-state index in [1.54, 1.807) is 42.6 Å². The van der Waals surface area contributed by atoms with Crippen molar-refractivity contribution in [2.45, 2.75) is 6.54 Å². The van der Waals surface area contributed by atoms with Gasteiger partial charge in [0, 0.05) is 35.9 Å². The summed E-state index contributed by atoms with van der Waals surface area (Å²) in [6, 6.07) is 11.7. The fraction of sp³-hybridized carbons (Fsp3) is 0.167. The summed E-state index contributed by atoms with van der Waals surface area (Å²) in [7, 11) is -0.762. The highest BCUT2D eigenvalue weighted by Gasteiger charge is 2.11. The van der Waals surface area contributed by atoms with E-state index >= 15 is 0 Å². The van der Waals surface area contributed by atoms with Gasteiger partial charge in [-0.1, -0.05) is 12.1 Å². The molecule has 8 nitrogen and oxygen atoms in total. The van der Waals surface area contributed by atoms with E-state index in [0.29, 0.717) is 34.6 Å². The van der Waals surface area contributed by atoms with Crippen LogP contribution in [0, 0.1) is 0 Å². The highest BCUT2D eigenvalue weighted by molar-refractivity contribution is 7.90. The maximum absolute atomic E-state index is 12.2. The average molecular weight is 389 g/mol. The van der Waals surface area contributed by atoms with Crippen LogP contribution in [0.25, 0.3) is 10.9 Å². The predicted octanol–water partition coefficient (Wildman–Crippen LogP) is 1.68. The molecule has 3 N–H and O–H groups in total. The molecule has 0 bridgehead atoms. The molecule has 3 aromatic rings. The third kappa shape index (κ3) is 4.21. The van der Waals surface area contributed by atoms with Gasteiger partial charge < -0.3 is 14.0 Å². The first-order valence-corrected chi connectivity index (χ1v) is 9.50. The minimum atomic E-state index is -3.81. The molecule has 0 aliphatic carbocycles. The van der Waals surface area contributed by atoms with E-state index in [4.69, 9.17) is 14.6 Å². The summed E-state index contributed by atoms with van der Waals surface area (Å²) in [5.41, 5.74) is 1.87. The Kier molecular flexibility index (Phi) is 5.06. The lowest BCUT2D eigenvalue weighted by molar-refractivity contribution is 0.355. The molecule has 0 radical (unpaired) electrons. The molecule has 142 valence electrons. The van der Waals surface area contributed by atoms with Crippen LogP contribution in [0.3, 0.4) is 0 Å². The first-order valence-electron chi connectivity index (χ1n) is 7.95. The molecule has 0 amide bonds. The third-order valence-electron chi connectivity index (χ3n) is 4.05. The first-order chi connectivity index (χ1) is 12.8. The highest BCUT2D eigenvalue weighted by atomic mass is 32.2. The SMILES string of the molecule is COc1cc2c(=O)ccn(Cc3ccc(NS(N)(=O)=O)cc3)c2cc1OC. The predicted molar refractivity (Wildman–Crippen MR) is 104 cm³/mol. The van der Waals surface area contributed by atoms with Crippen molar-refractivity contribution in [3.63, 3.8) is 0 Å². The number of rotatable bonds is 6. The van der Waals surface area contributed by atoms with E-state index in [0.717, 1.165) is 5.56 Å². The maximum Gasteiger partial charge on any atom is 0.296 e. The largest absolute Gasteiger partial charge is 0.493 e. The van der Waals surface area contributed by atoms with Crippen LogP contribution in [0.5, 0.6) is 11.5 Å². The van der Waals surface area contributed by atoms with Crippen LogP contribution in [0.15, 0.2) is 53.5 Å². The van der Waals surface area contributed by atoms with Gasteiger partial charge in [0.05, 0.1) is 19.7 Å². The Bertz CT molecular complexity index is 1140. The van der Waals surface area contributed by atoms with Gasteiger partial charge >= 0.3 is 0 Å². The highest BCUT2D eigenvalue weighted by Crippen LogP contribution is 2.31. The summed E-state index contributed by atoms with van der Waals surface area (Å²) in [5.74, 6) is 1.01. The van der Waals surface area contributed by atoms with Crippen LogP contribution < -0.4 is 24.8 Å². The molecule has 27 heavy (non-hydrogen) atoms. The Balaban J connectivity index is 1.99. The normalized spacial score (nSPS) is 11.4. The Morgan fingerprint density at radius 1 is 1.04 bits per heavy atom. The standard InChI is InChI=1S/C18H19N3O5S/c1-25-17-9-14-15(10-18(17)26-2)21(8-7-16(14)22)11-12-3-5-13(6-4-12)20-27(19,23)24/h3-10,20H,11H2,1-2H3,(H2,19,23,24). The number of methoxy groups -OCH3 is 2. The lowest BCUT2D eigenvalue weighted by atomic mass is 10.1. The smallest absolute Gasteiger partial charge is 0.296 e. The number of fused-ring (bicyclic) bond motifs is 1. The molecular weight excluding hydrogens is 370 g/mol. The number of benzene rings is 2. The summed E-state index contributed by atoms with van der Waals surface area (Å²) >= 11 is 0. The molecule has 1 aromatic heterocycles. The number of nitrogens with one attached hydrogen (secondary N) is 1. The summed E-state index contributed by atoms with van der Waals surface area (Å²) in [4.78, 5) is 12.2. The summed E-state index contributed by atoms with van der Waals surface area (Å²) in [5, 5.41) is 5.48. The van der Waals surface area contributed by atoms with E-state index in [9.17, 15) is 13.2 Å². The topological polar surface area (TPSA) is 113 Å². The number of nitrogens with zero attached hydrogens (tertiary/aromatic N) is 1. The number of nitrogens with two attached hydrogens (primary N) is 1. The van der Waals surface area contributed by atoms with Crippen LogP contribution >= 0.6 is 0 Å². The molecule has 0 atom stereocenters. The second-order valence-corrected chi connectivity index (χ2v) is 7.17. The van der Waals surface area contributed by atoms with Crippen molar-refractivity contribution >= 4 is 26.8 Å². The molecule has 0 spiro atoms. The zero-order valence-electron chi connectivity index (χ0n) is 14.8. The Labute approximate surface area is 156 Å². The number of hydrogen-bond acceptors (Lipinski definition) is 5. The molecule has 2 aromatic carbocycles. The van der Waals surface area contributed by atoms with Gasteiger partial charge in [-0.25, -0.2) is 5.14 Å². The van der Waals surface area contributed by atoms with Gasteiger partial charge in [0.2, 0.25) is 0 Å². The number of anilines is 1. The minimum Gasteiger partial charge on any atom is -0.493 e. The van der Waals surface area contributed by atoms with Gasteiger partial charge in [0.1, 0.15) is 0 Å². The zero-order valence-corrected chi connectivity index (χ0v) is 15.6. The number of ether oxygens (including phenoxy) is 2. The van der Waals surface area contributed by atoms with Crippen LogP contribution in [-0.2, 0) is 16.8 Å². The van der Waals surface area contributed by atoms with Crippen molar-refractivity contribution in [3.05, 3.63) is 64.4 Å². The van der Waals surface area contributed by atoms with Gasteiger partial charge in [-0.15, -0.1) is 0 Å². The molecule has 0 unspecified atom stereocenters. The van der Waals surface area contributed by atoms with Gasteiger partial charge in [0.25, 0.3) is 10.2 Å². The summed E-state index contributed by atoms with van der Waals surface area (Å²) in [6.07, 6.45) is 1.70.